The molecule has 2 aromatic carbocycles. The van der Waals surface area contributed by atoms with Gasteiger partial charge in [0.15, 0.2) is 0 Å². The van der Waals surface area contributed by atoms with Gasteiger partial charge in [0.1, 0.15) is 5.75 Å². The molecule has 0 saturated carbocycles. The van der Waals surface area contributed by atoms with Gasteiger partial charge in [0.05, 0.1) is 10.5 Å². The van der Waals surface area contributed by atoms with Gasteiger partial charge in [-0.05, 0) is 59.0 Å². The van der Waals surface area contributed by atoms with Crippen molar-refractivity contribution in [1.29, 1.82) is 0 Å². The first-order valence-electron chi connectivity index (χ1n) is 5.42. The minimum atomic E-state index is -1.23. The maximum atomic E-state index is 11.0. The number of carboxylic acids is 1. The zero-order chi connectivity index (χ0) is 14.7. The average Bonchev–Trinajstić information content (AvgIpc) is 2.41. The smallest absolute Gasteiger partial charge is 0.335 e. The molecule has 0 amide bonds. The Kier molecular flexibility index (Phi) is 4.18. The Labute approximate surface area is 127 Å². The Hall–Kier alpha value is -2.16. The van der Waals surface area contributed by atoms with E-state index in [0.29, 0.717) is 5.75 Å². The number of hydrogen-bond acceptors (Lipinski definition) is 4. The third kappa shape index (κ3) is 3.23. The zero-order valence-corrected chi connectivity index (χ0v) is 12.1. The second kappa shape index (κ2) is 5.87. The van der Waals surface area contributed by atoms with Crippen molar-refractivity contribution in [3.8, 4) is 11.5 Å². The number of carboxylic acid groups (broad SMARTS) is 1. The third-order valence-electron chi connectivity index (χ3n) is 2.44. The summed E-state index contributed by atoms with van der Waals surface area (Å²) in [4.78, 5) is 21.1. The number of nitrogens with zero attached hydrogens (tertiary/aromatic N) is 1. The molecule has 2 aromatic rings. The van der Waals surface area contributed by atoms with Crippen LogP contribution in [0, 0.1) is 13.7 Å². The molecule has 0 aliphatic carbocycles. The highest BCUT2D eigenvalue weighted by Crippen LogP contribution is 2.32. The first kappa shape index (κ1) is 14.3. The molecule has 0 bridgehead atoms. The summed E-state index contributed by atoms with van der Waals surface area (Å²) < 4.78 is 6.43. The minimum absolute atomic E-state index is 0.00112. The lowest BCUT2D eigenvalue weighted by Gasteiger charge is -2.07. The summed E-state index contributed by atoms with van der Waals surface area (Å²) in [5.41, 5.74) is -0.546. The van der Waals surface area contributed by atoms with Gasteiger partial charge in [-0.25, -0.2) is 4.79 Å². The summed E-state index contributed by atoms with van der Waals surface area (Å²) in [6.45, 7) is 0. The standard InChI is InChI=1S/C13H8INO5/c14-9-2-4-10(5-3-9)20-12-6-1-8(13(16)17)7-11(12)15(18)19/h1-7H,(H,16,17). The van der Waals surface area contributed by atoms with E-state index in [9.17, 15) is 14.9 Å². The Balaban J connectivity index is 2.38. The van der Waals surface area contributed by atoms with Crippen LogP contribution in [0.4, 0.5) is 5.69 Å². The molecule has 6 nitrogen and oxygen atoms in total. The molecular weight excluding hydrogens is 377 g/mol. The Morgan fingerprint density at radius 1 is 1.20 bits per heavy atom. The zero-order valence-electron chi connectivity index (χ0n) is 9.95. The van der Waals surface area contributed by atoms with Crippen LogP contribution in [0.25, 0.3) is 0 Å². The number of nitro groups is 1. The minimum Gasteiger partial charge on any atom is -0.478 e. The fourth-order valence-electron chi connectivity index (χ4n) is 1.51. The maximum Gasteiger partial charge on any atom is 0.335 e. The van der Waals surface area contributed by atoms with Crippen LogP contribution in [0.5, 0.6) is 11.5 Å². The Bertz CT molecular complexity index is 669. The molecule has 7 heteroatoms. The fourth-order valence-corrected chi connectivity index (χ4v) is 1.87. The van der Waals surface area contributed by atoms with E-state index < -0.39 is 10.9 Å². The molecule has 0 radical (unpaired) electrons. The average molecular weight is 385 g/mol. The SMILES string of the molecule is O=C(O)c1ccc(Oc2ccc(I)cc2)c([N+](=O)[O-])c1. The highest BCUT2D eigenvalue weighted by molar-refractivity contribution is 14.1. The van der Waals surface area contributed by atoms with Crippen molar-refractivity contribution < 1.29 is 19.6 Å². The van der Waals surface area contributed by atoms with Crippen molar-refractivity contribution >= 4 is 34.2 Å². The predicted molar refractivity (Wildman–Crippen MR) is 79.3 cm³/mol. The van der Waals surface area contributed by atoms with Gasteiger partial charge in [0.2, 0.25) is 5.75 Å². The lowest BCUT2D eigenvalue weighted by molar-refractivity contribution is -0.385. The number of rotatable bonds is 4. The summed E-state index contributed by atoms with van der Waals surface area (Å²) >= 11 is 2.13. The molecule has 2 rings (SSSR count). The van der Waals surface area contributed by atoms with Crippen molar-refractivity contribution in [3.05, 3.63) is 61.7 Å². The second-order valence-electron chi connectivity index (χ2n) is 3.80. The number of aromatic carboxylic acids is 1. The molecule has 0 spiro atoms. The van der Waals surface area contributed by atoms with E-state index in [1.165, 1.54) is 12.1 Å². The number of nitro benzene ring substituents is 1. The highest BCUT2D eigenvalue weighted by Gasteiger charge is 2.19. The lowest BCUT2D eigenvalue weighted by Crippen LogP contribution is -2.00. The third-order valence-corrected chi connectivity index (χ3v) is 3.16. The van der Waals surface area contributed by atoms with Gasteiger partial charge in [0.25, 0.3) is 0 Å². The van der Waals surface area contributed by atoms with Crippen LogP contribution in [0.15, 0.2) is 42.5 Å². The first-order chi connectivity index (χ1) is 9.47. The van der Waals surface area contributed by atoms with E-state index in [2.05, 4.69) is 22.6 Å². The van der Waals surface area contributed by atoms with Crippen LogP contribution in [0.2, 0.25) is 0 Å². The topological polar surface area (TPSA) is 89.7 Å². The van der Waals surface area contributed by atoms with Gasteiger partial charge in [-0.2, -0.15) is 0 Å². The van der Waals surface area contributed by atoms with Crippen molar-refractivity contribution in [2.24, 2.45) is 0 Å². The molecule has 0 heterocycles. The lowest BCUT2D eigenvalue weighted by atomic mass is 10.2. The molecule has 102 valence electrons. The monoisotopic (exact) mass is 385 g/mol. The summed E-state index contributed by atoms with van der Waals surface area (Å²) in [5.74, 6) is -0.785. The quantitative estimate of drug-likeness (QED) is 0.493. The summed E-state index contributed by atoms with van der Waals surface area (Å²) in [7, 11) is 0. The van der Waals surface area contributed by atoms with E-state index in [1.807, 2.05) is 0 Å². The van der Waals surface area contributed by atoms with Crippen LogP contribution in [-0.4, -0.2) is 16.0 Å². The van der Waals surface area contributed by atoms with Gasteiger partial charge in [-0.3, -0.25) is 10.1 Å². The molecule has 20 heavy (non-hydrogen) atoms. The molecule has 0 aliphatic heterocycles. The molecule has 1 N–H and O–H groups in total. The van der Waals surface area contributed by atoms with E-state index in [0.717, 1.165) is 9.64 Å². The van der Waals surface area contributed by atoms with Crippen LogP contribution in [0.1, 0.15) is 10.4 Å². The molecule has 0 aromatic heterocycles. The summed E-state index contributed by atoms with van der Waals surface area (Å²) in [6.07, 6.45) is 0. The van der Waals surface area contributed by atoms with E-state index in [1.54, 1.807) is 24.3 Å². The largest absolute Gasteiger partial charge is 0.478 e. The Morgan fingerprint density at radius 2 is 1.85 bits per heavy atom. The second-order valence-corrected chi connectivity index (χ2v) is 5.05. The number of benzene rings is 2. The normalized spacial score (nSPS) is 10.1. The van der Waals surface area contributed by atoms with Crippen molar-refractivity contribution in [1.82, 2.24) is 0 Å². The molecule has 0 saturated heterocycles. The molecule has 0 unspecified atom stereocenters. The van der Waals surface area contributed by atoms with Gasteiger partial charge in [-0.1, -0.05) is 0 Å². The maximum absolute atomic E-state index is 11.0. The molecule has 0 atom stereocenters. The number of hydrogen-bond donors (Lipinski definition) is 1. The number of halogens is 1. The van der Waals surface area contributed by atoms with E-state index >= 15 is 0 Å². The van der Waals surface area contributed by atoms with Gasteiger partial charge in [0, 0.05) is 9.64 Å². The van der Waals surface area contributed by atoms with E-state index in [-0.39, 0.29) is 17.0 Å². The van der Waals surface area contributed by atoms with Crippen molar-refractivity contribution in [3.63, 3.8) is 0 Å². The van der Waals surface area contributed by atoms with Crippen molar-refractivity contribution in [2.75, 3.05) is 0 Å². The van der Waals surface area contributed by atoms with Gasteiger partial charge >= 0.3 is 11.7 Å². The van der Waals surface area contributed by atoms with Crippen LogP contribution < -0.4 is 4.74 Å². The molecule has 0 fully saturated rings. The fraction of sp³-hybridized carbons (Fsp3) is 0. The van der Waals surface area contributed by atoms with Crippen LogP contribution >= 0.6 is 22.6 Å². The number of carbonyl (C=O) groups is 1. The summed E-state index contributed by atoms with van der Waals surface area (Å²) in [5, 5.41) is 19.8. The summed E-state index contributed by atoms with van der Waals surface area (Å²) in [6, 6.07) is 10.5. The predicted octanol–water partition coefficient (Wildman–Crippen LogP) is 3.69. The first-order valence-corrected chi connectivity index (χ1v) is 6.50. The van der Waals surface area contributed by atoms with Gasteiger partial charge in [-0.15, -0.1) is 0 Å². The Morgan fingerprint density at radius 3 is 2.40 bits per heavy atom. The van der Waals surface area contributed by atoms with Crippen LogP contribution in [-0.2, 0) is 0 Å². The van der Waals surface area contributed by atoms with Crippen LogP contribution in [0.3, 0.4) is 0 Å². The molecular formula is C13H8INO5. The van der Waals surface area contributed by atoms with Gasteiger partial charge < -0.3 is 9.84 Å². The van der Waals surface area contributed by atoms with Crippen molar-refractivity contribution in [2.45, 2.75) is 0 Å². The number of ether oxygens (including phenoxy) is 1. The highest BCUT2D eigenvalue weighted by atomic mass is 127. The van der Waals surface area contributed by atoms with E-state index in [4.69, 9.17) is 9.84 Å². The molecule has 0 aliphatic rings.